The van der Waals surface area contributed by atoms with Crippen LogP contribution in [0.5, 0.6) is 0 Å². The van der Waals surface area contributed by atoms with Crippen LogP contribution in [0.2, 0.25) is 0 Å². The van der Waals surface area contributed by atoms with Gasteiger partial charge in [-0.25, -0.2) is 0 Å². The lowest BCUT2D eigenvalue weighted by molar-refractivity contribution is 0.329. The molecule has 0 aromatic carbocycles. The standard InChI is InChI=1S/C15H26N2/c1-6-8-12(3)14-11-17(5)15(13(14)4)9-10-16-7-2/h7,9-10,12,14H,6,8,11H2,1-5H3/b10-9-,16-7?. The van der Waals surface area contributed by atoms with Gasteiger partial charge in [0.25, 0.3) is 0 Å². The Hall–Kier alpha value is -1.05. The molecule has 0 aromatic heterocycles. The molecular formula is C15H26N2. The van der Waals surface area contributed by atoms with Crippen molar-refractivity contribution in [1.29, 1.82) is 0 Å². The van der Waals surface area contributed by atoms with E-state index in [0.717, 1.165) is 12.5 Å². The van der Waals surface area contributed by atoms with Crippen LogP contribution in [0.25, 0.3) is 0 Å². The molecule has 1 aliphatic heterocycles. The normalized spacial score (nSPS) is 23.4. The van der Waals surface area contributed by atoms with Crippen molar-refractivity contribution >= 4 is 6.21 Å². The molecule has 1 aliphatic rings. The summed E-state index contributed by atoms with van der Waals surface area (Å²) < 4.78 is 0. The summed E-state index contributed by atoms with van der Waals surface area (Å²) >= 11 is 0. The van der Waals surface area contributed by atoms with Gasteiger partial charge in [-0.05, 0) is 31.4 Å². The molecule has 0 aromatic rings. The third-order valence-corrected chi connectivity index (χ3v) is 3.74. The van der Waals surface area contributed by atoms with E-state index in [9.17, 15) is 0 Å². The number of nitrogens with zero attached hydrogens (tertiary/aromatic N) is 2. The zero-order valence-corrected chi connectivity index (χ0v) is 11.9. The summed E-state index contributed by atoms with van der Waals surface area (Å²) in [6.07, 6.45) is 8.44. The summed E-state index contributed by atoms with van der Waals surface area (Å²) in [4.78, 5) is 6.50. The molecule has 0 fully saturated rings. The Morgan fingerprint density at radius 3 is 2.82 bits per heavy atom. The fourth-order valence-electron chi connectivity index (χ4n) is 2.74. The van der Waals surface area contributed by atoms with Gasteiger partial charge in [0.05, 0.1) is 0 Å². The topological polar surface area (TPSA) is 15.6 Å². The fourth-order valence-corrected chi connectivity index (χ4v) is 2.74. The maximum Gasteiger partial charge on any atom is 0.0371 e. The van der Waals surface area contributed by atoms with Crippen LogP contribution in [0.4, 0.5) is 0 Å². The molecule has 0 N–H and O–H groups in total. The molecule has 0 saturated carbocycles. The average Bonchev–Trinajstić information content (AvgIpc) is 2.57. The Labute approximate surface area is 106 Å². The number of aliphatic imine (C=N–C) groups is 1. The van der Waals surface area contributed by atoms with Crippen LogP contribution in [0, 0.1) is 11.8 Å². The predicted molar refractivity (Wildman–Crippen MR) is 76.2 cm³/mol. The zero-order chi connectivity index (χ0) is 12.8. The number of likely N-dealkylation sites (N-methyl/N-ethyl adjacent to an activating group) is 1. The maximum absolute atomic E-state index is 4.14. The first-order chi connectivity index (χ1) is 8.11. The summed E-state index contributed by atoms with van der Waals surface area (Å²) in [5, 5.41) is 0. The van der Waals surface area contributed by atoms with Gasteiger partial charge in [0.1, 0.15) is 0 Å². The predicted octanol–water partition coefficient (Wildman–Crippen LogP) is 3.86. The van der Waals surface area contributed by atoms with E-state index in [1.807, 2.05) is 19.3 Å². The lowest BCUT2D eigenvalue weighted by Gasteiger charge is -2.20. The highest BCUT2D eigenvalue weighted by atomic mass is 15.1. The van der Waals surface area contributed by atoms with E-state index in [-0.39, 0.29) is 0 Å². The second-order valence-electron chi connectivity index (χ2n) is 5.04. The molecule has 17 heavy (non-hydrogen) atoms. The molecule has 0 aliphatic carbocycles. The molecule has 0 saturated heterocycles. The third kappa shape index (κ3) is 3.45. The van der Waals surface area contributed by atoms with Crippen LogP contribution in [0.1, 0.15) is 40.5 Å². The van der Waals surface area contributed by atoms with Gasteiger partial charge in [0, 0.05) is 37.6 Å². The quantitative estimate of drug-likeness (QED) is 0.659. The van der Waals surface area contributed by atoms with E-state index < -0.39 is 0 Å². The van der Waals surface area contributed by atoms with Gasteiger partial charge in [-0.15, -0.1) is 0 Å². The van der Waals surface area contributed by atoms with Crippen molar-refractivity contribution in [3.05, 3.63) is 23.5 Å². The first-order valence-electron chi connectivity index (χ1n) is 6.68. The van der Waals surface area contributed by atoms with Gasteiger partial charge >= 0.3 is 0 Å². The number of rotatable bonds is 5. The SMILES string of the molecule is CC=N/C=C\C1=C(C)C(C(C)CCC)CN1C. The Kier molecular flexibility index (Phi) is 5.46. The Morgan fingerprint density at radius 1 is 1.53 bits per heavy atom. The minimum Gasteiger partial charge on any atom is -0.374 e. The highest BCUT2D eigenvalue weighted by Gasteiger charge is 2.28. The van der Waals surface area contributed by atoms with Crippen LogP contribution in [0.15, 0.2) is 28.5 Å². The molecule has 2 nitrogen and oxygen atoms in total. The molecule has 0 amide bonds. The number of hydrogen-bond donors (Lipinski definition) is 0. The Bertz CT molecular complexity index is 326. The number of hydrogen-bond acceptors (Lipinski definition) is 2. The molecule has 2 heteroatoms. The molecular weight excluding hydrogens is 208 g/mol. The van der Waals surface area contributed by atoms with Crippen molar-refractivity contribution in [3.63, 3.8) is 0 Å². The minimum atomic E-state index is 0.713. The molecule has 0 bridgehead atoms. The summed E-state index contributed by atoms with van der Waals surface area (Å²) in [5.74, 6) is 1.49. The van der Waals surface area contributed by atoms with E-state index in [4.69, 9.17) is 0 Å². The van der Waals surface area contributed by atoms with Crippen LogP contribution >= 0.6 is 0 Å². The van der Waals surface area contributed by atoms with Crippen LogP contribution in [-0.2, 0) is 0 Å². The smallest absolute Gasteiger partial charge is 0.0371 e. The van der Waals surface area contributed by atoms with E-state index in [1.165, 1.54) is 24.1 Å². The fraction of sp³-hybridized carbons (Fsp3) is 0.667. The van der Waals surface area contributed by atoms with Crippen LogP contribution in [-0.4, -0.2) is 24.7 Å². The molecule has 2 unspecified atom stereocenters. The minimum absolute atomic E-state index is 0.713. The van der Waals surface area contributed by atoms with Gasteiger partial charge < -0.3 is 4.90 Å². The first-order valence-corrected chi connectivity index (χ1v) is 6.68. The molecule has 0 spiro atoms. The van der Waals surface area contributed by atoms with Crippen molar-refractivity contribution < 1.29 is 0 Å². The summed E-state index contributed by atoms with van der Waals surface area (Å²) in [6, 6.07) is 0. The zero-order valence-electron chi connectivity index (χ0n) is 11.9. The van der Waals surface area contributed by atoms with Crippen LogP contribution < -0.4 is 0 Å². The number of allylic oxidation sites excluding steroid dienone is 1. The average molecular weight is 234 g/mol. The Balaban J connectivity index is 2.80. The molecule has 96 valence electrons. The van der Waals surface area contributed by atoms with Gasteiger partial charge in [-0.3, -0.25) is 4.99 Å². The molecule has 2 atom stereocenters. The van der Waals surface area contributed by atoms with Crippen molar-refractivity contribution in [2.45, 2.75) is 40.5 Å². The van der Waals surface area contributed by atoms with E-state index in [0.29, 0.717) is 5.92 Å². The van der Waals surface area contributed by atoms with Crippen molar-refractivity contribution in [2.75, 3.05) is 13.6 Å². The van der Waals surface area contributed by atoms with Gasteiger partial charge in [0.2, 0.25) is 0 Å². The lowest BCUT2D eigenvalue weighted by atomic mass is 9.86. The van der Waals surface area contributed by atoms with Crippen LogP contribution in [0.3, 0.4) is 0 Å². The van der Waals surface area contributed by atoms with E-state index >= 15 is 0 Å². The van der Waals surface area contributed by atoms with Crippen molar-refractivity contribution in [1.82, 2.24) is 4.90 Å². The van der Waals surface area contributed by atoms with Gasteiger partial charge in [-0.1, -0.05) is 26.7 Å². The summed E-state index contributed by atoms with van der Waals surface area (Å²) in [7, 11) is 2.18. The monoisotopic (exact) mass is 234 g/mol. The maximum atomic E-state index is 4.14. The van der Waals surface area contributed by atoms with Gasteiger partial charge in [0.15, 0.2) is 0 Å². The molecule has 1 heterocycles. The van der Waals surface area contributed by atoms with Crippen molar-refractivity contribution in [3.8, 4) is 0 Å². The summed E-state index contributed by atoms with van der Waals surface area (Å²) in [6.45, 7) is 10.0. The van der Waals surface area contributed by atoms with Crippen molar-refractivity contribution in [2.24, 2.45) is 16.8 Å². The Morgan fingerprint density at radius 2 is 2.24 bits per heavy atom. The summed E-state index contributed by atoms with van der Waals surface area (Å²) in [5.41, 5.74) is 2.87. The second kappa shape index (κ2) is 6.63. The third-order valence-electron chi connectivity index (χ3n) is 3.74. The molecule has 0 radical (unpaired) electrons. The highest BCUT2D eigenvalue weighted by molar-refractivity contribution is 5.54. The van der Waals surface area contributed by atoms with E-state index in [1.54, 1.807) is 0 Å². The highest BCUT2D eigenvalue weighted by Crippen LogP contribution is 2.34. The first kappa shape index (κ1) is 14.0. The van der Waals surface area contributed by atoms with E-state index in [2.05, 4.69) is 43.8 Å². The van der Waals surface area contributed by atoms with Gasteiger partial charge in [-0.2, -0.15) is 0 Å². The largest absolute Gasteiger partial charge is 0.374 e. The molecule has 1 rings (SSSR count). The lowest BCUT2D eigenvalue weighted by Crippen LogP contribution is -2.20. The second-order valence-corrected chi connectivity index (χ2v) is 5.04.